The first kappa shape index (κ1) is 26.4. The van der Waals surface area contributed by atoms with Gasteiger partial charge in [-0.25, -0.2) is 0 Å². The molecule has 0 spiro atoms. The Morgan fingerprint density at radius 1 is 0.645 bits per heavy atom. The molecule has 0 aliphatic heterocycles. The van der Waals surface area contributed by atoms with Crippen LogP contribution in [0.5, 0.6) is 11.5 Å². The Kier molecular flexibility index (Phi) is 8.82. The lowest BCUT2D eigenvalue weighted by Crippen LogP contribution is -2.24. The fourth-order valence-electron chi connectivity index (χ4n) is 2.75. The van der Waals surface area contributed by atoms with Gasteiger partial charge in [0.1, 0.15) is 0 Å². The van der Waals surface area contributed by atoms with Gasteiger partial charge in [-0.2, -0.15) is 0 Å². The standard InChI is InChI=1S/C23H28Cl4O4/c1-11(2)21(28)30-19-15(24)7-13(8-16(19)25)23(5,6)14-9-17(26)20(18(27)10-14)31-22(29)12(3)4/h7-12,21-22,28-29H,1-6H3. The Morgan fingerprint density at radius 3 is 1.13 bits per heavy atom. The monoisotopic (exact) mass is 508 g/mol. The van der Waals surface area contributed by atoms with Gasteiger partial charge in [-0.05, 0) is 35.4 Å². The number of benzene rings is 2. The van der Waals surface area contributed by atoms with Crippen molar-refractivity contribution >= 4 is 46.4 Å². The molecule has 172 valence electrons. The van der Waals surface area contributed by atoms with Gasteiger partial charge in [0.05, 0.1) is 20.1 Å². The lowest BCUT2D eigenvalue weighted by atomic mass is 9.78. The van der Waals surface area contributed by atoms with E-state index in [9.17, 15) is 10.2 Å². The van der Waals surface area contributed by atoms with E-state index in [4.69, 9.17) is 55.9 Å². The van der Waals surface area contributed by atoms with Crippen molar-refractivity contribution in [1.82, 2.24) is 0 Å². The van der Waals surface area contributed by atoms with Crippen molar-refractivity contribution in [3.63, 3.8) is 0 Å². The lowest BCUT2D eigenvalue weighted by Gasteiger charge is -2.29. The average Bonchev–Trinajstić information content (AvgIpc) is 2.66. The van der Waals surface area contributed by atoms with Crippen LogP contribution in [-0.4, -0.2) is 22.8 Å². The molecule has 2 aromatic rings. The van der Waals surface area contributed by atoms with Crippen molar-refractivity contribution in [2.75, 3.05) is 0 Å². The normalized spacial score (nSPS) is 14.1. The molecule has 2 rings (SSSR count). The minimum Gasteiger partial charge on any atom is -0.462 e. The third kappa shape index (κ3) is 6.13. The fourth-order valence-corrected chi connectivity index (χ4v) is 3.90. The van der Waals surface area contributed by atoms with E-state index in [1.54, 1.807) is 24.3 Å². The zero-order valence-corrected chi connectivity index (χ0v) is 21.4. The summed E-state index contributed by atoms with van der Waals surface area (Å²) in [5.74, 6) is 0.211. The van der Waals surface area contributed by atoms with E-state index in [2.05, 4.69) is 0 Å². The van der Waals surface area contributed by atoms with Crippen molar-refractivity contribution in [2.24, 2.45) is 11.8 Å². The molecule has 0 bridgehead atoms. The Balaban J connectivity index is 2.43. The highest BCUT2D eigenvalue weighted by atomic mass is 35.5. The van der Waals surface area contributed by atoms with Crippen molar-refractivity contribution in [3.05, 3.63) is 55.5 Å². The average molecular weight is 510 g/mol. The molecule has 0 saturated carbocycles. The third-order valence-corrected chi connectivity index (χ3v) is 6.18. The number of hydrogen-bond acceptors (Lipinski definition) is 4. The smallest absolute Gasteiger partial charge is 0.199 e. The van der Waals surface area contributed by atoms with E-state index < -0.39 is 18.0 Å². The van der Waals surface area contributed by atoms with Crippen LogP contribution in [0.1, 0.15) is 52.7 Å². The van der Waals surface area contributed by atoms with Gasteiger partial charge in [-0.3, -0.25) is 0 Å². The van der Waals surface area contributed by atoms with Gasteiger partial charge < -0.3 is 19.7 Å². The first-order valence-electron chi connectivity index (χ1n) is 9.94. The number of hydrogen-bond donors (Lipinski definition) is 2. The maximum atomic E-state index is 10.0. The van der Waals surface area contributed by atoms with Crippen LogP contribution >= 0.6 is 46.4 Å². The van der Waals surface area contributed by atoms with Crippen LogP contribution in [0.15, 0.2) is 24.3 Å². The predicted molar refractivity (Wildman–Crippen MR) is 128 cm³/mol. The quantitative estimate of drug-likeness (QED) is 0.365. The van der Waals surface area contributed by atoms with E-state index >= 15 is 0 Å². The Hall–Kier alpha value is -0.880. The van der Waals surface area contributed by atoms with Gasteiger partial charge in [-0.1, -0.05) is 87.9 Å². The second-order valence-corrected chi connectivity index (χ2v) is 10.3. The first-order chi connectivity index (χ1) is 14.2. The largest absolute Gasteiger partial charge is 0.462 e. The maximum Gasteiger partial charge on any atom is 0.199 e. The number of aliphatic hydroxyl groups excluding tert-OH is 2. The summed E-state index contributed by atoms with van der Waals surface area (Å²) in [7, 11) is 0. The SMILES string of the molecule is CC(C)C(O)Oc1c(Cl)cc(C(C)(C)c2cc(Cl)c(OC(O)C(C)C)c(Cl)c2)cc1Cl. The third-order valence-electron chi connectivity index (χ3n) is 5.06. The molecule has 2 aromatic carbocycles. The van der Waals surface area contributed by atoms with Crippen LogP contribution in [0.4, 0.5) is 0 Å². The molecule has 31 heavy (non-hydrogen) atoms. The molecular weight excluding hydrogens is 482 g/mol. The zero-order chi connectivity index (χ0) is 23.7. The molecule has 0 aliphatic rings. The van der Waals surface area contributed by atoms with E-state index in [0.29, 0.717) is 0 Å². The molecule has 0 fully saturated rings. The molecule has 8 heteroatoms. The molecule has 2 unspecified atom stereocenters. The van der Waals surface area contributed by atoms with Crippen molar-refractivity contribution < 1.29 is 19.7 Å². The number of aliphatic hydroxyl groups is 2. The fraction of sp³-hybridized carbons (Fsp3) is 0.478. The number of ether oxygens (including phenoxy) is 2. The highest BCUT2D eigenvalue weighted by Crippen LogP contribution is 2.44. The summed E-state index contributed by atoms with van der Waals surface area (Å²) in [5, 5.41) is 21.2. The van der Waals surface area contributed by atoms with Crippen LogP contribution < -0.4 is 9.47 Å². The van der Waals surface area contributed by atoms with Gasteiger partial charge in [0, 0.05) is 17.3 Å². The summed E-state index contributed by atoms with van der Waals surface area (Å²) in [5.41, 5.74) is 1.03. The van der Waals surface area contributed by atoms with Crippen LogP contribution in [-0.2, 0) is 5.41 Å². The van der Waals surface area contributed by atoms with Gasteiger partial charge in [0.25, 0.3) is 0 Å². The lowest BCUT2D eigenvalue weighted by molar-refractivity contribution is -0.0517. The number of rotatable bonds is 8. The Bertz CT molecular complexity index is 808. The van der Waals surface area contributed by atoms with Crippen molar-refractivity contribution in [3.8, 4) is 11.5 Å². The summed E-state index contributed by atoms with van der Waals surface area (Å²) >= 11 is 25.7. The van der Waals surface area contributed by atoms with Gasteiger partial charge in [-0.15, -0.1) is 0 Å². The molecular formula is C23H28Cl4O4. The van der Waals surface area contributed by atoms with Gasteiger partial charge >= 0.3 is 0 Å². The molecule has 4 nitrogen and oxygen atoms in total. The van der Waals surface area contributed by atoms with Crippen molar-refractivity contribution in [1.29, 1.82) is 0 Å². The summed E-state index contributed by atoms with van der Waals surface area (Å²) in [6.07, 6.45) is -2.06. The van der Waals surface area contributed by atoms with Crippen LogP contribution in [0.3, 0.4) is 0 Å². The molecule has 2 atom stereocenters. The minimum absolute atomic E-state index is 0.123. The summed E-state index contributed by atoms with van der Waals surface area (Å²) in [4.78, 5) is 0. The Morgan fingerprint density at radius 2 is 0.903 bits per heavy atom. The van der Waals surface area contributed by atoms with Crippen LogP contribution in [0.25, 0.3) is 0 Å². The van der Waals surface area contributed by atoms with Crippen molar-refractivity contribution in [2.45, 2.75) is 59.5 Å². The molecule has 0 amide bonds. The molecule has 0 saturated heterocycles. The second-order valence-electron chi connectivity index (χ2n) is 8.67. The van der Waals surface area contributed by atoms with Crippen LogP contribution in [0.2, 0.25) is 20.1 Å². The Labute approximate surface area is 204 Å². The van der Waals surface area contributed by atoms with Gasteiger partial charge in [0.15, 0.2) is 24.1 Å². The molecule has 0 radical (unpaired) electrons. The predicted octanol–water partition coefficient (Wildman–Crippen LogP) is 7.33. The molecule has 0 heterocycles. The molecule has 0 aliphatic carbocycles. The van der Waals surface area contributed by atoms with E-state index in [1.807, 2.05) is 41.5 Å². The summed E-state index contributed by atoms with van der Waals surface area (Å²) < 4.78 is 11.1. The first-order valence-corrected chi connectivity index (χ1v) is 11.4. The molecule has 0 aromatic heterocycles. The summed E-state index contributed by atoms with van der Waals surface area (Å²) in [6, 6.07) is 6.96. The van der Waals surface area contributed by atoms with E-state index in [1.165, 1.54) is 0 Å². The topological polar surface area (TPSA) is 58.9 Å². The highest BCUT2D eigenvalue weighted by molar-refractivity contribution is 6.38. The maximum absolute atomic E-state index is 10.0. The molecule has 2 N–H and O–H groups in total. The second kappa shape index (κ2) is 10.4. The van der Waals surface area contributed by atoms with Gasteiger partial charge in [0.2, 0.25) is 0 Å². The number of halogens is 4. The highest BCUT2D eigenvalue weighted by Gasteiger charge is 2.29. The van der Waals surface area contributed by atoms with Crippen LogP contribution in [0, 0.1) is 11.8 Å². The van der Waals surface area contributed by atoms with E-state index in [-0.39, 0.29) is 43.4 Å². The zero-order valence-electron chi connectivity index (χ0n) is 18.3. The van der Waals surface area contributed by atoms with E-state index in [0.717, 1.165) is 11.1 Å². The summed E-state index contributed by atoms with van der Waals surface area (Å²) in [6.45, 7) is 11.2. The minimum atomic E-state index is -1.03.